The Morgan fingerprint density at radius 3 is 2.96 bits per heavy atom. The van der Waals surface area contributed by atoms with E-state index in [1.807, 2.05) is 12.1 Å². The number of hydrogen-bond acceptors (Lipinski definition) is 4. The number of methoxy groups -OCH3 is 1. The molecule has 4 rings (SSSR count). The van der Waals surface area contributed by atoms with Gasteiger partial charge in [-0.2, -0.15) is 0 Å². The van der Waals surface area contributed by atoms with E-state index in [9.17, 15) is 9.59 Å². The van der Waals surface area contributed by atoms with E-state index in [1.165, 1.54) is 0 Å². The van der Waals surface area contributed by atoms with E-state index in [0.717, 1.165) is 34.3 Å². The largest absolute Gasteiger partial charge is 0.496 e. The number of carbonyl (C=O) groups excluding carboxylic acids is 1. The SMILES string of the molecule is COc1ccc2c(c1Br)CCCN2C(=O)c1ccc2[nH]c(=O)oc2c1. The number of aromatic amines is 1. The van der Waals surface area contributed by atoms with Crippen LogP contribution < -0.4 is 15.4 Å². The van der Waals surface area contributed by atoms with Crippen LogP contribution in [0, 0.1) is 0 Å². The van der Waals surface area contributed by atoms with Crippen molar-refractivity contribution in [2.24, 2.45) is 0 Å². The summed E-state index contributed by atoms with van der Waals surface area (Å²) in [4.78, 5) is 28.7. The maximum absolute atomic E-state index is 13.0. The molecule has 0 saturated heterocycles. The molecule has 6 nitrogen and oxygen atoms in total. The molecular weight excluding hydrogens is 388 g/mol. The van der Waals surface area contributed by atoms with Gasteiger partial charge in [0, 0.05) is 17.8 Å². The van der Waals surface area contributed by atoms with Crippen molar-refractivity contribution in [3.05, 3.63) is 56.5 Å². The molecule has 2 heterocycles. The summed E-state index contributed by atoms with van der Waals surface area (Å²) in [5.74, 6) is 0.103. The van der Waals surface area contributed by atoms with Crippen LogP contribution in [-0.2, 0) is 6.42 Å². The minimum absolute atomic E-state index is 0.122. The molecule has 0 spiro atoms. The first-order chi connectivity index (χ1) is 12.1. The normalized spacial score (nSPS) is 13.8. The lowest BCUT2D eigenvalue weighted by Crippen LogP contribution is -2.35. The van der Waals surface area contributed by atoms with E-state index in [4.69, 9.17) is 9.15 Å². The van der Waals surface area contributed by atoms with Gasteiger partial charge in [0.2, 0.25) is 0 Å². The Balaban J connectivity index is 1.76. The molecule has 1 aliphatic heterocycles. The smallest absolute Gasteiger partial charge is 0.417 e. The second-order valence-electron chi connectivity index (χ2n) is 5.87. The predicted molar refractivity (Wildman–Crippen MR) is 97.5 cm³/mol. The highest BCUT2D eigenvalue weighted by molar-refractivity contribution is 9.10. The average molecular weight is 403 g/mol. The number of carbonyl (C=O) groups is 1. The number of oxazole rings is 1. The molecule has 1 aromatic heterocycles. The maximum atomic E-state index is 13.0. The zero-order valence-corrected chi connectivity index (χ0v) is 15.1. The fourth-order valence-electron chi connectivity index (χ4n) is 3.22. The molecule has 1 aliphatic rings. The number of rotatable bonds is 2. The molecule has 0 aliphatic carbocycles. The lowest BCUT2D eigenvalue weighted by atomic mass is 10.00. The number of hydrogen-bond donors (Lipinski definition) is 1. The van der Waals surface area contributed by atoms with Crippen LogP contribution in [-0.4, -0.2) is 24.5 Å². The van der Waals surface area contributed by atoms with Crippen LogP contribution in [0.25, 0.3) is 11.1 Å². The minimum atomic E-state index is -0.529. The topological polar surface area (TPSA) is 75.5 Å². The highest BCUT2D eigenvalue weighted by Crippen LogP contribution is 2.39. The van der Waals surface area contributed by atoms with Gasteiger partial charge >= 0.3 is 5.76 Å². The predicted octanol–water partition coefficient (Wildman–Crippen LogP) is 3.49. The number of halogens is 1. The van der Waals surface area contributed by atoms with Gasteiger partial charge in [0.05, 0.1) is 17.1 Å². The quantitative estimate of drug-likeness (QED) is 0.711. The van der Waals surface area contributed by atoms with Crippen LogP contribution in [0.1, 0.15) is 22.3 Å². The molecule has 128 valence electrons. The van der Waals surface area contributed by atoms with Gasteiger partial charge < -0.3 is 14.1 Å². The van der Waals surface area contributed by atoms with E-state index in [0.29, 0.717) is 23.2 Å². The zero-order valence-electron chi connectivity index (χ0n) is 13.5. The van der Waals surface area contributed by atoms with Crippen molar-refractivity contribution in [1.29, 1.82) is 0 Å². The van der Waals surface area contributed by atoms with Gasteiger partial charge in [-0.1, -0.05) is 0 Å². The Labute approximate surface area is 151 Å². The molecule has 0 bridgehead atoms. The first kappa shape index (κ1) is 16.0. The fraction of sp³-hybridized carbons (Fsp3) is 0.222. The molecule has 0 radical (unpaired) electrons. The molecule has 0 saturated carbocycles. The third-order valence-corrected chi connectivity index (χ3v) is 5.28. The fourth-order valence-corrected chi connectivity index (χ4v) is 3.91. The first-order valence-corrected chi connectivity index (χ1v) is 8.68. The van der Waals surface area contributed by atoms with Crippen molar-refractivity contribution in [2.75, 3.05) is 18.6 Å². The van der Waals surface area contributed by atoms with Gasteiger partial charge in [-0.25, -0.2) is 4.79 Å². The number of benzene rings is 2. The summed E-state index contributed by atoms with van der Waals surface area (Å²) in [6, 6.07) is 8.74. The van der Waals surface area contributed by atoms with Crippen LogP contribution in [0.3, 0.4) is 0 Å². The molecule has 1 N–H and O–H groups in total. The van der Waals surface area contributed by atoms with E-state index in [1.54, 1.807) is 30.2 Å². The van der Waals surface area contributed by atoms with E-state index in [2.05, 4.69) is 20.9 Å². The third-order valence-electron chi connectivity index (χ3n) is 4.42. The zero-order chi connectivity index (χ0) is 17.6. The lowest BCUT2D eigenvalue weighted by molar-refractivity contribution is 0.0985. The number of ether oxygens (including phenoxy) is 1. The van der Waals surface area contributed by atoms with Crippen molar-refractivity contribution >= 4 is 38.6 Å². The number of aromatic nitrogens is 1. The highest BCUT2D eigenvalue weighted by atomic mass is 79.9. The summed E-state index contributed by atoms with van der Waals surface area (Å²) in [5, 5.41) is 0. The average Bonchev–Trinajstić information content (AvgIpc) is 3.00. The second kappa shape index (κ2) is 6.07. The molecule has 1 amide bonds. The van der Waals surface area contributed by atoms with Crippen LogP contribution in [0.2, 0.25) is 0 Å². The number of H-pyrrole nitrogens is 1. The Bertz CT molecular complexity index is 1040. The number of nitrogens with zero attached hydrogens (tertiary/aromatic N) is 1. The van der Waals surface area contributed by atoms with Crippen molar-refractivity contribution in [1.82, 2.24) is 4.98 Å². The Morgan fingerprint density at radius 1 is 1.32 bits per heavy atom. The van der Waals surface area contributed by atoms with Crippen molar-refractivity contribution in [3.63, 3.8) is 0 Å². The monoisotopic (exact) mass is 402 g/mol. The number of amides is 1. The van der Waals surface area contributed by atoms with Gasteiger partial charge in [0.1, 0.15) is 5.75 Å². The van der Waals surface area contributed by atoms with Crippen molar-refractivity contribution < 1.29 is 13.9 Å². The lowest BCUT2D eigenvalue weighted by Gasteiger charge is -2.30. The molecule has 25 heavy (non-hydrogen) atoms. The summed E-state index contributed by atoms with van der Waals surface area (Å²) in [6.45, 7) is 0.639. The molecule has 0 unspecified atom stereocenters. The second-order valence-corrected chi connectivity index (χ2v) is 6.66. The molecular formula is C18H15BrN2O4. The number of anilines is 1. The highest BCUT2D eigenvalue weighted by Gasteiger charge is 2.26. The van der Waals surface area contributed by atoms with Gasteiger partial charge in [0.25, 0.3) is 5.91 Å². The molecule has 2 aromatic carbocycles. The van der Waals surface area contributed by atoms with Crippen molar-refractivity contribution in [2.45, 2.75) is 12.8 Å². The molecule has 7 heteroatoms. The van der Waals surface area contributed by atoms with Crippen LogP contribution in [0.5, 0.6) is 5.75 Å². The van der Waals surface area contributed by atoms with Gasteiger partial charge in [-0.15, -0.1) is 0 Å². The van der Waals surface area contributed by atoms with E-state index < -0.39 is 5.76 Å². The first-order valence-electron chi connectivity index (χ1n) is 7.88. The Hall–Kier alpha value is -2.54. The summed E-state index contributed by atoms with van der Waals surface area (Å²) in [7, 11) is 1.62. The van der Waals surface area contributed by atoms with Gasteiger partial charge in [-0.05, 0) is 64.7 Å². The van der Waals surface area contributed by atoms with Crippen LogP contribution in [0.4, 0.5) is 5.69 Å². The Kier molecular flexibility index (Phi) is 3.88. The summed E-state index contributed by atoms with van der Waals surface area (Å²) >= 11 is 3.58. The molecule has 0 atom stereocenters. The van der Waals surface area contributed by atoms with Crippen molar-refractivity contribution in [3.8, 4) is 5.75 Å². The molecule has 3 aromatic rings. The summed E-state index contributed by atoms with van der Waals surface area (Å²) in [6.07, 6.45) is 1.74. The van der Waals surface area contributed by atoms with Gasteiger partial charge in [-0.3, -0.25) is 9.78 Å². The third kappa shape index (κ3) is 2.64. The maximum Gasteiger partial charge on any atom is 0.417 e. The van der Waals surface area contributed by atoms with Gasteiger partial charge in [0.15, 0.2) is 5.58 Å². The summed E-state index contributed by atoms with van der Waals surface area (Å²) < 4.78 is 11.3. The molecule has 0 fully saturated rings. The summed E-state index contributed by atoms with van der Waals surface area (Å²) in [5.41, 5.74) is 3.37. The van der Waals surface area contributed by atoms with E-state index >= 15 is 0 Å². The number of fused-ring (bicyclic) bond motifs is 2. The minimum Gasteiger partial charge on any atom is -0.496 e. The number of nitrogens with one attached hydrogen (secondary N) is 1. The Morgan fingerprint density at radius 2 is 2.16 bits per heavy atom. The van der Waals surface area contributed by atoms with Crippen LogP contribution in [0.15, 0.2) is 44.0 Å². The van der Waals surface area contributed by atoms with E-state index in [-0.39, 0.29) is 5.91 Å². The standard InChI is InChI=1S/C18H15BrN2O4/c1-24-14-7-6-13-11(16(14)19)3-2-8-21(13)17(22)10-4-5-12-15(9-10)25-18(23)20-12/h4-7,9H,2-3,8H2,1H3,(H,20,23). The van der Waals surface area contributed by atoms with Crippen LogP contribution >= 0.6 is 15.9 Å².